The molecule has 0 bridgehead atoms. The molecule has 0 saturated carbocycles. The van der Waals surface area contributed by atoms with Crippen LogP contribution in [0.15, 0.2) is 36.4 Å². The van der Waals surface area contributed by atoms with Crippen LogP contribution in [0.1, 0.15) is 11.6 Å². The fourth-order valence-electron chi connectivity index (χ4n) is 1.87. The standard InChI is InChI=1S/C14H12FN/c1-3-14(16-2)12-8-9-13(15)11-7-5-4-6-10(11)12/h1,4-9,14,16H,2H3. The molecule has 2 aromatic rings. The molecule has 1 unspecified atom stereocenters. The predicted molar refractivity (Wildman–Crippen MR) is 64.5 cm³/mol. The van der Waals surface area contributed by atoms with Gasteiger partial charge in [-0.3, -0.25) is 0 Å². The smallest absolute Gasteiger partial charge is 0.131 e. The van der Waals surface area contributed by atoms with E-state index in [9.17, 15) is 4.39 Å². The molecular formula is C14H12FN. The second-order valence-electron chi connectivity index (χ2n) is 3.57. The Morgan fingerprint density at radius 3 is 2.50 bits per heavy atom. The van der Waals surface area contributed by atoms with E-state index >= 15 is 0 Å². The van der Waals surface area contributed by atoms with Crippen molar-refractivity contribution < 1.29 is 4.39 Å². The zero-order chi connectivity index (χ0) is 11.5. The summed E-state index contributed by atoms with van der Waals surface area (Å²) in [5.41, 5.74) is 0.932. The molecule has 1 nitrogen and oxygen atoms in total. The van der Waals surface area contributed by atoms with Gasteiger partial charge in [-0.1, -0.05) is 36.3 Å². The van der Waals surface area contributed by atoms with Crippen LogP contribution in [0.2, 0.25) is 0 Å². The highest BCUT2D eigenvalue weighted by Crippen LogP contribution is 2.25. The number of fused-ring (bicyclic) bond motifs is 1. The number of benzene rings is 2. The van der Waals surface area contributed by atoms with Crippen molar-refractivity contribution in [3.05, 3.63) is 47.8 Å². The highest BCUT2D eigenvalue weighted by molar-refractivity contribution is 5.87. The SMILES string of the molecule is C#CC(NC)c1ccc(F)c2ccccc12. The van der Waals surface area contributed by atoms with Gasteiger partial charge in [0.05, 0.1) is 6.04 Å². The molecule has 0 heterocycles. The Kier molecular flexibility index (Phi) is 2.89. The number of halogens is 1. The molecule has 80 valence electrons. The molecule has 0 aliphatic rings. The molecule has 0 aliphatic heterocycles. The molecule has 2 aromatic carbocycles. The lowest BCUT2D eigenvalue weighted by Crippen LogP contribution is -2.14. The Morgan fingerprint density at radius 1 is 1.19 bits per heavy atom. The Labute approximate surface area is 94.3 Å². The lowest BCUT2D eigenvalue weighted by atomic mass is 9.99. The van der Waals surface area contributed by atoms with Gasteiger partial charge in [0, 0.05) is 5.39 Å². The first kappa shape index (κ1) is 10.7. The summed E-state index contributed by atoms with van der Waals surface area (Å²) in [6.07, 6.45) is 5.44. The van der Waals surface area contributed by atoms with Crippen molar-refractivity contribution in [1.82, 2.24) is 5.32 Å². The summed E-state index contributed by atoms with van der Waals surface area (Å²) in [7, 11) is 1.79. The lowest BCUT2D eigenvalue weighted by Gasteiger charge is -2.13. The van der Waals surface area contributed by atoms with Crippen molar-refractivity contribution in [3.8, 4) is 12.3 Å². The highest BCUT2D eigenvalue weighted by Gasteiger charge is 2.11. The first-order valence-corrected chi connectivity index (χ1v) is 5.08. The number of hydrogen-bond donors (Lipinski definition) is 1. The van der Waals surface area contributed by atoms with E-state index in [4.69, 9.17) is 6.42 Å². The summed E-state index contributed by atoms with van der Waals surface area (Å²) in [4.78, 5) is 0. The van der Waals surface area contributed by atoms with Crippen LogP contribution < -0.4 is 5.32 Å². The van der Waals surface area contributed by atoms with Crippen molar-refractivity contribution in [2.75, 3.05) is 7.05 Å². The van der Waals surface area contributed by atoms with E-state index in [1.54, 1.807) is 19.2 Å². The van der Waals surface area contributed by atoms with Gasteiger partial charge in [0.2, 0.25) is 0 Å². The Bertz CT molecular complexity index is 554. The summed E-state index contributed by atoms with van der Waals surface area (Å²) in [5.74, 6) is 2.43. The van der Waals surface area contributed by atoms with E-state index in [0.29, 0.717) is 5.39 Å². The van der Waals surface area contributed by atoms with E-state index in [0.717, 1.165) is 10.9 Å². The maximum atomic E-state index is 13.6. The predicted octanol–water partition coefficient (Wildman–Crippen LogP) is 2.87. The van der Waals surface area contributed by atoms with Crippen molar-refractivity contribution in [3.63, 3.8) is 0 Å². The van der Waals surface area contributed by atoms with E-state index < -0.39 is 0 Å². The third-order valence-corrected chi connectivity index (χ3v) is 2.67. The Morgan fingerprint density at radius 2 is 1.88 bits per heavy atom. The molecule has 2 rings (SSSR count). The van der Waals surface area contributed by atoms with Crippen LogP contribution in [-0.4, -0.2) is 7.05 Å². The van der Waals surface area contributed by atoms with Crippen LogP contribution in [-0.2, 0) is 0 Å². The Hall–Kier alpha value is -1.85. The average molecular weight is 213 g/mol. The van der Waals surface area contributed by atoms with E-state index in [-0.39, 0.29) is 11.9 Å². The fourth-order valence-corrected chi connectivity index (χ4v) is 1.87. The Balaban J connectivity index is 2.73. The maximum absolute atomic E-state index is 13.6. The second-order valence-corrected chi connectivity index (χ2v) is 3.57. The number of hydrogen-bond acceptors (Lipinski definition) is 1. The normalized spacial score (nSPS) is 12.3. The molecule has 0 saturated heterocycles. The molecule has 0 aliphatic carbocycles. The first-order chi connectivity index (χ1) is 7.77. The largest absolute Gasteiger partial charge is 0.303 e. The van der Waals surface area contributed by atoms with E-state index in [2.05, 4.69) is 11.2 Å². The van der Waals surface area contributed by atoms with Crippen molar-refractivity contribution in [2.45, 2.75) is 6.04 Å². The van der Waals surface area contributed by atoms with Gasteiger partial charge in [-0.2, -0.15) is 0 Å². The summed E-state index contributed by atoms with van der Waals surface area (Å²) in [5, 5.41) is 4.49. The molecule has 0 radical (unpaired) electrons. The minimum absolute atomic E-state index is 0.189. The summed E-state index contributed by atoms with van der Waals surface area (Å²) in [6.45, 7) is 0. The van der Waals surface area contributed by atoms with Crippen molar-refractivity contribution in [2.24, 2.45) is 0 Å². The van der Waals surface area contributed by atoms with Crippen molar-refractivity contribution >= 4 is 10.8 Å². The minimum Gasteiger partial charge on any atom is -0.303 e. The molecular weight excluding hydrogens is 201 g/mol. The van der Waals surface area contributed by atoms with E-state index in [1.807, 2.05) is 18.2 Å². The summed E-state index contributed by atoms with van der Waals surface area (Å²) >= 11 is 0. The molecule has 0 amide bonds. The van der Waals surface area contributed by atoms with Crippen LogP contribution in [0.3, 0.4) is 0 Å². The van der Waals surface area contributed by atoms with Crippen LogP contribution >= 0.6 is 0 Å². The van der Waals surface area contributed by atoms with Crippen LogP contribution in [0.5, 0.6) is 0 Å². The van der Waals surface area contributed by atoms with Gasteiger partial charge < -0.3 is 5.32 Å². The number of terminal acetylenes is 1. The first-order valence-electron chi connectivity index (χ1n) is 5.08. The highest BCUT2D eigenvalue weighted by atomic mass is 19.1. The average Bonchev–Trinajstić information content (AvgIpc) is 2.34. The number of nitrogens with one attached hydrogen (secondary N) is 1. The van der Waals surface area contributed by atoms with Crippen molar-refractivity contribution in [1.29, 1.82) is 0 Å². The fraction of sp³-hybridized carbons (Fsp3) is 0.143. The number of rotatable bonds is 2. The van der Waals surface area contributed by atoms with Crippen LogP contribution in [0.25, 0.3) is 10.8 Å². The molecule has 0 aromatic heterocycles. The van der Waals surface area contributed by atoms with Gasteiger partial charge in [-0.15, -0.1) is 6.42 Å². The zero-order valence-electron chi connectivity index (χ0n) is 9.00. The summed E-state index contributed by atoms with van der Waals surface area (Å²) in [6, 6.07) is 10.4. The molecule has 1 N–H and O–H groups in total. The zero-order valence-corrected chi connectivity index (χ0v) is 9.00. The monoisotopic (exact) mass is 213 g/mol. The van der Waals surface area contributed by atoms with Crippen LogP contribution in [0.4, 0.5) is 4.39 Å². The quantitative estimate of drug-likeness (QED) is 0.756. The van der Waals surface area contributed by atoms with Gasteiger partial charge in [0.1, 0.15) is 5.82 Å². The molecule has 1 atom stereocenters. The molecule has 16 heavy (non-hydrogen) atoms. The van der Waals surface area contributed by atoms with Gasteiger partial charge in [0.25, 0.3) is 0 Å². The second kappa shape index (κ2) is 4.34. The van der Waals surface area contributed by atoms with Gasteiger partial charge in [0.15, 0.2) is 0 Å². The topological polar surface area (TPSA) is 12.0 Å². The molecule has 0 fully saturated rings. The van der Waals surface area contributed by atoms with Gasteiger partial charge >= 0.3 is 0 Å². The third-order valence-electron chi connectivity index (χ3n) is 2.67. The van der Waals surface area contributed by atoms with Gasteiger partial charge in [-0.25, -0.2) is 4.39 Å². The lowest BCUT2D eigenvalue weighted by molar-refractivity contribution is 0.638. The van der Waals surface area contributed by atoms with Crippen LogP contribution in [0, 0.1) is 18.2 Å². The summed E-state index contributed by atoms with van der Waals surface area (Å²) < 4.78 is 13.6. The maximum Gasteiger partial charge on any atom is 0.131 e. The minimum atomic E-state index is -0.216. The third kappa shape index (κ3) is 1.66. The van der Waals surface area contributed by atoms with E-state index in [1.165, 1.54) is 6.07 Å². The van der Waals surface area contributed by atoms with Gasteiger partial charge in [-0.05, 0) is 24.1 Å². The molecule has 0 spiro atoms. The molecule has 2 heteroatoms.